The highest BCUT2D eigenvalue weighted by Gasteiger charge is 2.24. The van der Waals surface area contributed by atoms with Gasteiger partial charge in [0, 0.05) is 4.90 Å². The van der Waals surface area contributed by atoms with Crippen LogP contribution in [-0.4, -0.2) is 19.7 Å². The molecule has 0 atom stereocenters. The Kier molecular flexibility index (Phi) is 3.78. The minimum absolute atomic E-state index is 0.411. The molecule has 2 aromatic heterocycles. The number of hydrogen-bond acceptors (Lipinski definition) is 5. The third-order valence-electron chi connectivity index (χ3n) is 5.11. The van der Waals surface area contributed by atoms with Crippen molar-refractivity contribution in [3.63, 3.8) is 0 Å². The third-order valence-corrected chi connectivity index (χ3v) is 6.17. The molecule has 2 N–H and O–H groups in total. The first kappa shape index (κ1) is 15.6. The van der Waals surface area contributed by atoms with Gasteiger partial charge in [-0.2, -0.15) is 5.10 Å². The minimum atomic E-state index is 0.411. The van der Waals surface area contributed by atoms with E-state index in [1.165, 1.54) is 34.8 Å². The normalized spacial score (nSPS) is 15.2. The van der Waals surface area contributed by atoms with Crippen LogP contribution in [0.2, 0.25) is 0 Å². The summed E-state index contributed by atoms with van der Waals surface area (Å²) >= 11 is 1.65. The van der Waals surface area contributed by atoms with E-state index in [0.717, 1.165) is 28.9 Å². The van der Waals surface area contributed by atoms with Crippen LogP contribution in [0.25, 0.3) is 21.8 Å². The van der Waals surface area contributed by atoms with E-state index in [9.17, 15) is 0 Å². The second kappa shape index (κ2) is 6.29. The number of rotatable bonds is 3. The number of anilines is 1. The Labute approximate surface area is 155 Å². The lowest BCUT2D eigenvalue weighted by Crippen LogP contribution is -2.07. The van der Waals surface area contributed by atoms with Crippen molar-refractivity contribution in [2.45, 2.75) is 41.6 Å². The maximum atomic E-state index is 6.22. The zero-order chi connectivity index (χ0) is 17.5. The highest BCUT2D eigenvalue weighted by atomic mass is 32.2. The molecule has 1 aliphatic carbocycles. The summed E-state index contributed by atoms with van der Waals surface area (Å²) in [5.41, 5.74) is 7.07. The van der Waals surface area contributed by atoms with Crippen LogP contribution >= 0.6 is 11.8 Å². The predicted molar refractivity (Wildman–Crippen MR) is 105 cm³/mol. The van der Waals surface area contributed by atoms with Gasteiger partial charge < -0.3 is 5.73 Å². The van der Waals surface area contributed by atoms with E-state index < -0.39 is 0 Å². The van der Waals surface area contributed by atoms with E-state index in [4.69, 9.17) is 10.8 Å². The molecule has 5 nitrogen and oxygen atoms in total. The number of nitrogen functional groups attached to an aromatic ring is 1. The molecule has 1 fully saturated rings. The minimum Gasteiger partial charge on any atom is -0.383 e. The van der Waals surface area contributed by atoms with Crippen LogP contribution in [0.4, 0.5) is 5.82 Å². The van der Waals surface area contributed by atoms with Crippen molar-refractivity contribution in [2.24, 2.45) is 0 Å². The Morgan fingerprint density at radius 3 is 2.69 bits per heavy atom. The van der Waals surface area contributed by atoms with Crippen molar-refractivity contribution in [1.82, 2.24) is 19.7 Å². The molecule has 26 heavy (non-hydrogen) atoms. The number of aromatic nitrogens is 4. The second-order valence-electron chi connectivity index (χ2n) is 6.72. The summed E-state index contributed by atoms with van der Waals surface area (Å²) in [4.78, 5) is 9.89. The molecule has 4 aromatic rings. The number of nitrogens with two attached hydrogens (primary N) is 1. The number of fused-ring (bicyclic) bond motifs is 2. The van der Waals surface area contributed by atoms with E-state index in [0.29, 0.717) is 11.9 Å². The maximum Gasteiger partial charge on any atom is 0.164 e. The van der Waals surface area contributed by atoms with Gasteiger partial charge in [-0.25, -0.2) is 14.6 Å². The van der Waals surface area contributed by atoms with Crippen molar-refractivity contribution >= 4 is 39.4 Å². The molecule has 0 unspecified atom stereocenters. The summed E-state index contributed by atoms with van der Waals surface area (Å²) < 4.78 is 2.08. The van der Waals surface area contributed by atoms with Gasteiger partial charge in [-0.1, -0.05) is 61.0 Å². The average Bonchev–Trinajstić information content (AvgIpc) is 3.31. The molecule has 130 valence electrons. The van der Waals surface area contributed by atoms with E-state index in [1.807, 2.05) is 0 Å². The Morgan fingerprint density at radius 2 is 1.81 bits per heavy atom. The SMILES string of the molecule is Nc1ncnc2c1c(Sc1cccc3ccccc13)nn2C1CCCC1. The van der Waals surface area contributed by atoms with Gasteiger partial charge in [0.05, 0.1) is 11.4 Å². The number of benzene rings is 2. The molecule has 0 aliphatic heterocycles. The van der Waals surface area contributed by atoms with Crippen LogP contribution < -0.4 is 5.73 Å². The Morgan fingerprint density at radius 1 is 1.00 bits per heavy atom. The van der Waals surface area contributed by atoms with Crippen molar-refractivity contribution in [2.75, 3.05) is 5.73 Å². The van der Waals surface area contributed by atoms with Gasteiger partial charge in [-0.05, 0) is 29.7 Å². The lowest BCUT2D eigenvalue weighted by atomic mass is 10.1. The van der Waals surface area contributed by atoms with Crippen LogP contribution in [0.5, 0.6) is 0 Å². The van der Waals surface area contributed by atoms with Gasteiger partial charge in [0.15, 0.2) is 5.65 Å². The highest BCUT2D eigenvalue weighted by molar-refractivity contribution is 7.99. The zero-order valence-electron chi connectivity index (χ0n) is 14.3. The lowest BCUT2D eigenvalue weighted by molar-refractivity contribution is 0.470. The molecule has 1 saturated carbocycles. The van der Waals surface area contributed by atoms with E-state index in [1.54, 1.807) is 11.8 Å². The van der Waals surface area contributed by atoms with Crippen molar-refractivity contribution in [3.8, 4) is 0 Å². The van der Waals surface area contributed by atoms with Crippen LogP contribution in [0.1, 0.15) is 31.7 Å². The van der Waals surface area contributed by atoms with Gasteiger partial charge in [-0.3, -0.25) is 0 Å². The smallest absolute Gasteiger partial charge is 0.164 e. The molecule has 6 heteroatoms. The fraction of sp³-hybridized carbons (Fsp3) is 0.250. The van der Waals surface area contributed by atoms with Gasteiger partial charge in [0.2, 0.25) is 0 Å². The Bertz CT molecular complexity index is 1090. The molecule has 0 bridgehead atoms. The molecule has 2 aromatic carbocycles. The first-order valence-corrected chi connectivity index (χ1v) is 9.77. The van der Waals surface area contributed by atoms with Gasteiger partial charge in [0.1, 0.15) is 17.2 Å². The van der Waals surface area contributed by atoms with Crippen LogP contribution in [-0.2, 0) is 0 Å². The van der Waals surface area contributed by atoms with E-state index in [2.05, 4.69) is 57.1 Å². The summed E-state index contributed by atoms with van der Waals surface area (Å²) in [6.07, 6.45) is 6.34. The molecule has 2 heterocycles. The fourth-order valence-electron chi connectivity index (χ4n) is 3.83. The highest BCUT2D eigenvalue weighted by Crippen LogP contribution is 2.40. The number of nitrogens with zero attached hydrogens (tertiary/aromatic N) is 4. The molecule has 0 amide bonds. The van der Waals surface area contributed by atoms with Crippen LogP contribution in [0.3, 0.4) is 0 Å². The molecule has 0 saturated heterocycles. The second-order valence-corrected chi connectivity index (χ2v) is 7.76. The van der Waals surface area contributed by atoms with Gasteiger partial charge in [-0.15, -0.1) is 0 Å². The first-order chi connectivity index (χ1) is 12.8. The van der Waals surface area contributed by atoms with E-state index >= 15 is 0 Å². The van der Waals surface area contributed by atoms with Crippen LogP contribution in [0, 0.1) is 0 Å². The third kappa shape index (κ3) is 2.52. The predicted octanol–water partition coefficient (Wildman–Crippen LogP) is 4.83. The summed E-state index contributed by atoms with van der Waals surface area (Å²) in [6.45, 7) is 0. The van der Waals surface area contributed by atoms with Gasteiger partial charge in [0.25, 0.3) is 0 Å². The average molecular weight is 361 g/mol. The van der Waals surface area contributed by atoms with Crippen molar-refractivity contribution in [3.05, 3.63) is 48.8 Å². The molecule has 1 aliphatic rings. The summed E-state index contributed by atoms with van der Waals surface area (Å²) in [5.74, 6) is 0.502. The first-order valence-electron chi connectivity index (χ1n) is 8.95. The molecule has 5 rings (SSSR count). The molecule has 0 spiro atoms. The fourth-order valence-corrected chi connectivity index (χ4v) is 4.90. The maximum absolute atomic E-state index is 6.22. The standard InChI is InChI=1S/C20H19N5S/c21-18-17-19(23-12-22-18)25(14-8-2-3-9-14)24-20(17)26-16-11-5-7-13-6-1-4-10-15(13)16/h1,4-7,10-12,14H,2-3,8-9H2,(H2,21,22,23). The van der Waals surface area contributed by atoms with E-state index in [-0.39, 0.29) is 0 Å². The molecular weight excluding hydrogens is 342 g/mol. The Balaban J connectivity index is 1.67. The van der Waals surface area contributed by atoms with Crippen molar-refractivity contribution in [1.29, 1.82) is 0 Å². The monoisotopic (exact) mass is 361 g/mol. The Hall–Kier alpha value is -2.60. The van der Waals surface area contributed by atoms with Crippen LogP contribution in [0.15, 0.2) is 58.7 Å². The lowest BCUT2D eigenvalue weighted by Gasteiger charge is -2.10. The summed E-state index contributed by atoms with van der Waals surface area (Å²) in [5, 5.41) is 9.14. The molecular formula is C20H19N5S. The zero-order valence-corrected chi connectivity index (χ0v) is 15.1. The van der Waals surface area contributed by atoms with Crippen molar-refractivity contribution < 1.29 is 0 Å². The summed E-state index contributed by atoms with van der Waals surface area (Å²) in [7, 11) is 0. The molecule has 0 radical (unpaired) electrons. The quantitative estimate of drug-likeness (QED) is 0.566. The summed E-state index contributed by atoms with van der Waals surface area (Å²) in [6, 6.07) is 15.2. The largest absolute Gasteiger partial charge is 0.383 e. The van der Waals surface area contributed by atoms with Gasteiger partial charge >= 0.3 is 0 Å². The number of hydrogen-bond donors (Lipinski definition) is 1. The topological polar surface area (TPSA) is 69.6 Å².